The van der Waals surface area contributed by atoms with Crippen LogP contribution in [0.25, 0.3) is 44.5 Å². The third-order valence-electron chi connectivity index (χ3n) is 12.9. The fourth-order valence-electron chi connectivity index (χ4n) is 9.92. The fourth-order valence-corrected chi connectivity index (χ4v) is 11.3. The van der Waals surface area contributed by atoms with Crippen molar-refractivity contribution >= 4 is 7.68 Å². The first-order valence-electron chi connectivity index (χ1n) is 20.9. The zero-order valence-electron chi connectivity index (χ0n) is 35.5. The van der Waals surface area contributed by atoms with Crippen LogP contribution in [0, 0.1) is 25.7 Å². The molecule has 55 heavy (non-hydrogen) atoms. The molecule has 6 rings (SSSR count). The molecule has 0 saturated heterocycles. The lowest BCUT2D eigenvalue weighted by Gasteiger charge is -2.45. The average Bonchev–Trinajstić information content (AvgIpc) is 3.14. The van der Waals surface area contributed by atoms with Crippen molar-refractivity contribution in [3.63, 3.8) is 0 Å². The molecular formula is C52H63O2P. The summed E-state index contributed by atoms with van der Waals surface area (Å²) in [6.45, 7) is 27.2. The number of aryl methyl sites for hydroxylation is 2. The average molecular weight is 751 g/mol. The number of hydrogen-bond donors (Lipinski definition) is 0. The van der Waals surface area contributed by atoms with E-state index in [0.29, 0.717) is 0 Å². The van der Waals surface area contributed by atoms with Gasteiger partial charge in [0.25, 0.3) is 0 Å². The molecule has 0 aromatic heterocycles. The van der Waals surface area contributed by atoms with Gasteiger partial charge in [-0.05, 0) is 146 Å². The molecular weight excluding hydrogens is 688 g/mol. The van der Waals surface area contributed by atoms with E-state index >= 15 is 0 Å². The molecule has 0 heterocycles. The Bertz CT molecular complexity index is 2060. The molecule has 2 atom stereocenters. The Morgan fingerprint density at radius 2 is 0.836 bits per heavy atom. The Morgan fingerprint density at radius 3 is 1.15 bits per heavy atom. The fraction of sp³-hybridized carbons (Fsp3) is 0.423. The molecule has 1 aliphatic carbocycles. The van der Waals surface area contributed by atoms with Gasteiger partial charge in [-0.1, -0.05) is 167 Å². The van der Waals surface area contributed by atoms with Crippen LogP contribution in [0.4, 0.5) is 0 Å². The molecule has 0 radical (unpaired) electrons. The Hall–Kier alpha value is -4.00. The lowest BCUT2D eigenvalue weighted by atomic mass is 9.64. The molecule has 2 nitrogen and oxygen atoms in total. The first-order chi connectivity index (χ1) is 26.1. The SMILES string of the molecule is Cc1ccccc1-c1cc(C(C)C)c(-c2cccc(-c3c(C(C)C)cc(-c4ccccc4C)cc3C(C)C)c2C2(P(=O)=O)C(C)CCCC2C)c(C(C)C)c1. The van der Waals surface area contributed by atoms with Crippen molar-refractivity contribution < 1.29 is 9.13 Å². The number of hydrogen-bond acceptors (Lipinski definition) is 2. The Kier molecular flexibility index (Phi) is 12.0. The topological polar surface area (TPSA) is 34.1 Å². The predicted octanol–water partition coefficient (Wildman–Crippen LogP) is 16.3. The van der Waals surface area contributed by atoms with Crippen molar-refractivity contribution in [1.29, 1.82) is 0 Å². The molecule has 288 valence electrons. The van der Waals surface area contributed by atoms with Gasteiger partial charge in [0, 0.05) is 0 Å². The van der Waals surface area contributed by atoms with Crippen molar-refractivity contribution in [3.8, 4) is 44.5 Å². The predicted molar refractivity (Wildman–Crippen MR) is 236 cm³/mol. The van der Waals surface area contributed by atoms with Crippen LogP contribution in [0.3, 0.4) is 0 Å². The molecule has 2 unspecified atom stereocenters. The first-order valence-corrected chi connectivity index (χ1v) is 22.0. The standard InChI is InChI=1S/C52H63O2P/c1-31(2)45-27-39(41-23-15-13-19-35(41)9)28-46(32(3)4)49(45)43-25-18-26-44(51(43)52(55(53)54)37(11)21-17-22-38(52)12)50-47(33(5)6)29-40(30-48(50)34(7)8)42-24-16-14-20-36(42)10/h13-16,18-20,23-34,37-38H,17,21-22H2,1-12H3. The minimum atomic E-state index is -2.86. The first kappa shape index (κ1) is 40.7. The van der Waals surface area contributed by atoms with Gasteiger partial charge in [-0.3, -0.25) is 0 Å². The van der Waals surface area contributed by atoms with E-state index in [-0.39, 0.29) is 35.5 Å². The third-order valence-corrected chi connectivity index (χ3v) is 14.6. The highest BCUT2D eigenvalue weighted by atomic mass is 31.1. The quantitative estimate of drug-likeness (QED) is 0.133. The lowest BCUT2D eigenvalue weighted by Crippen LogP contribution is -2.40. The van der Waals surface area contributed by atoms with Crippen molar-refractivity contribution in [1.82, 2.24) is 0 Å². The minimum absolute atomic E-state index is 0.0373. The van der Waals surface area contributed by atoms with Gasteiger partial charge in [0.2, 0.25) is 0 Å². The van der Waals surface area contributed by atoms with Gasteiger partial charge in [0.1, 0.15) is 5.16 Å². The molecule has 0 amide bonds. The van der Waals surface area contributed by atoms with Gasteiger partial charge in [-0.25, -0.2) is 9.13 Å². The van der Waals surface area contributed by atoms with Crippen molar-refractivity contribution in [2.24, 2.45) is 11.8 Å². The highest BCUT2D eigenvalue weighted by Gasteiger charge is 2.53. The third kappa shape index (κ3) is 7.26. The molecule has 0 spiro atoms. The van der Waals surface area contributed by atoms with Crippen molar-refractivity contribution in [2.45, 2.75) is 131 Å². The summed E-state index contributed by atoms with van der Waals surface area (Å²) in [4.78, 5) is 0. The van der Waals surface area contributed by atoms with E-state index in [1.165, 1.54) is 66.8 Å². The smallest absolute Gasteiger partial charge is 0.236 e. The number of benzene rings is 5. The zero-order chi connectivity index (χ0) is 39.9. The summed E-state index contributed by atoms with van der Waals surface area (Å²) in [5, 5.41) is -1.03. The molecule has 1 aliphatic rings. The summed E-state index contributed by atoms with van der Waals surface area (Å²) >= 11 is 0. The largest absolute Gasteiger partial charge is 0.327 e. The maximum atomic E-state index is 14.5. The molecule has 0 aliphatic heterocycles. The van der Waals surface area contributed by atoms with E-state index in [4.69, 9.17) is 0 Å². The van der Waals surface area contributed by atoms with Crippen molar-refractivity contribution in [3.05, 3.63) is 130 Å². The van der Waals surface area contributed by atoms with E-state index in [1.807, 2.05) is 0 Å². The molecule has 5 aromatic rings. The van der Waals surface area contributed by atoms with Gasteiger partial charge >= 0.3 is 7.68 Å². The van der Waals surface area contributed by atoms with E-state index in [0.717, 1.165) is 36.0 Å². The van der Waals surface area contributed by atoms with Gasteiger partial charge in [-0.2, -0.15) is 0 Å². The van der Waals surface area contributed by atoms with Gasteiger partial charge in [0.05, 0.1) is 0 Å². The summed E-state index contributed by atoms with van der Waals surface area (Å²) in [5.74, 6) is 0.803. The second kappa shape index (κ2) is 16.2. The molecule has 0 bridgehead atoms. The summed E-state index contributed by atoms with van der Waals surface area (Å²) < 4.78 is 29.1. The van der Waals surface area contributed by atoms with Crippen LogP contribution in [0.15, 0.2) is 91.0 Å². The monoisotopic (exact) mass is 750 g/mol. The van der Waals surface area contributed by atoms with Crippen LogP contribution in [0.2, 0.25) is 0 Å². The van der Waals surface area contributed by atoms with Crippen LogP contribution < -0.4 is 0 Å². The minimum Gasteiger partial charge on any atom is -0.236 e. The molecule has 1 saturated carbocycles. The summed E-state index contributed by atoms with van der Waals surface area (Å²) in [6, 6.07) is 33.7. The maximum Gasteiger partial charge on any atom is 0.327 e. The van der Waals surface area contributed by atoms with Crippen LogP contribution in [0.1, 0.15) is 151 Å². The highest BCUT2D eigenvalue weighted by molar-refractivity contribution is 7.32. The molecule has 1 fully saturated rings. The Labute approximate surface area is 333 Å². The highest BCUT2D eigenvalue weighted by Crippen LogP contribution is 2.62. The summed E-state index contributed by atoms with van der Waals surface area (Å²) in [6.07, 6.45) is 2.83. The Balaban J connectivity index is 1.83. The lowest BCUT2D eigenvalue weighted by molar-refractivity contribution is 0.201. The van der Waals surface area contributed by atoms with Crippen LogP contribution in [-0.4, -0.2) is 0 Å². The maximum absolute atomic E-state index is 14.5. The van der Waals surface area contributed by atoms with Gasteiger partial charge in [0.15, 0.2) is 0 Å². The second-order valence-corrected chi connectivity index (χ2v) is 19.1. The molecule has 0 N–H and O–H groups in total. The zero-order valence-corrected chi connectivity index (χ0v) is 36.4. The van der Waals surface area contributed by atoms with Crippen molar-refractivity contribution in [2.75, 3.05) is 0 Å². The summed E-state index contributed by atoms with van der Waals surface area (Å²) in [5.41, 5.74) is 18.2. The van der Waals surface area contributed by atoms with Crippen LogP contribution >= 0.6 is 7.68 Å². The van der Waals surface area contributed by atoms with E-state index < -0.39 is 12.8 Å². The van der Waals surface area contributed by atoms with Crippen LogP contribution in [-0.2, 0) is 14.3 Å². The van der Waals surface area contributed by atoms with Gasteiger partial charge < -0.3 is 0 Å². The second-order valence-electron chi connectivity index (χ2n) is 17.9. The van der Waals surface area contributed by atoms with E-state index in [1.54, 1.807) is 0 Å². The molecule has 3 heteroatoms. The molecule has 5 aromatic carbocycles. The Morgan fingerprint density at radius 1 is 0.509 bits per heavy atom. The normalized spacial score (nSPS) is 18.8. The van der Waals surface area contributed by atoms with Gasteiger partial charge in [-0.15, -0.1) is 0 Å². The number of rotatable bonds is 10. The van der Waals surface area contributed by atoms with Crippen LogP contribution in [0.5, 0.6) is 0 Å². The van der Waals surface area contributed by atoms with E-state index in [9.17, 15) is 9.13 Å². The summed E-state index contributed by atoms with van der Waals surface area (Å²) in [7, 11) is -2.86. The van der Waals surface area contributed by atoms with E-state index in [2.05, 4.69) is 174 Å².